The Kier molecular flexibility index (Phi) is 3.17. The van der Waals surface area contributed by atoms with Gasteiger partial charge < -0.3 is 4.90 Å². The standard InChI is InChI=1S/C16H14N2O3/c1-11-9-12-5-2-3-8-15(12)17(11)16(19)13-6-4-7-14(10-13)18(20)21/h2-8,10-11H,9H2,1H3/t11-/m0/s1. The predicted octanol–water partition coefficient (Wildman–Crippen LogP) is 3.19. The number of carbonyl (C=O) groups is 1. The number of hydrogen-bond acceptors (Lipinski definition) is 3. The molecule has 0 spiro atoms. The van der Waals surface area contributed by atoms with Crippen molar-refractivity contribution in [2.24, 2.45) is 0 Å². The molecule has 0 N–H and O–H groups in total. The van der Waals surface area contributed by atoms with Crippen molar-refractivity contribution in [1.82, 2.24) is 0 Å². The summed E-state index contributed by atoms with van der Waals surface area (Å²) < 4.78 is 0. The van der Waals surface area contributed by atoms with Crippen molar-refractivity contribution in [3.63, 3.8) is 0 Å². The van der Waals surface area contributed by atoms with Crippen LogP contribution in [0, 0.1) is 10.1 Å². The Morgan fingerprint density at radius 1 is 1.24 bits per heavy atom. The zero-order valence-electron chi connectivity index (χ0n) is 11.5. The molecule has 0 aliphatic carbocycles. The first-order chi connectivity index (χ1) is 10.1. The van der Waals surface area contributed by atoms with Crippen molar-refractivity contribution >= 4 is 17.3 Å². The minimum Gasteiger partial charge on any atom is -0.305 e. The molecule has 1 aliphatic heterocycles. The lowest BCUT2D eigenvalue weighted by Gasteiger charge is -2.22. The zero-order valence-corrected chi connectivity index (χ0v) is 11.5. The van der Waals surface area contributed by atoms with Crippen LogP contribution in [0.4, 0.5) is 11.4 Å². The van der Waals surface area contributed by atoms with E-state index in [1.54, 1.807) is 11.0 Å². The van der Waals surface area contributed by atoms with Crippen LogP contribution in [0.25, 0.3) is 0 Å². The van der Waals surface area contributed by atoms with Crippen molar-refractivity contribution < 1.29 is 9.72 Å². The van der Waals surface area contributed by atoms with Gasteiger partial charge in [-0.3, -0.25) is 14.9 Å². The van der Waals surface area contributed by atoms with Gasteiger partial charge in [0.05, 0.1) is 4.92 Å². The number of rotatable bonds is 2. The highest BCUT2D eigenvalue weighted by molar-refractivity contribution is 6.08. The van der Waals surface area contributed by atoms with Gasteiger partial charge in [-0.2, -0.15) is 0 Å². The molecular formula is C16H14N2O3. The minimum absolute atomic E-state index is 0.0502. The van der Waals surface area contributed by atoms with Crippen LogP contribution in [0.5, 0.6) is 0 Å². The Labute approximate surface area is 122 Å². The second-order valence-corrected chi connectivity index (χ2v) is 5.16. The molecular weight excluding hydrogens is 268 g/mol. The molecule has 21 heavy (non-hydrogen) atoms. The van der Waals surface area contributed by atoms with E-state index in [9.17, 15) is 14.9 Å². The first kappa shape index (κ1) is 13.3. The van der Waals surface area contributed by atoms with Crippen LogP contribution in [0.2, 0.25) is 0 Å². The summed E-state index contributed by atoms with van der Waals surface area (Å²) in [5.41, 5.74) is 2.29. The topological polar surface area (TPSA) is 63.5 Å². The number of amides is 1. The van der Waals surface area contributed by atoms with Gasteiger partial charge in [-0.25, -0.2) is 0 Å². The van der Waals surface area contributed by atoms with Crippen LogP contribution in [0.1, 0.15) is 22.8 Å². The first-order valence-electron chi connectivity index (χ1n) is 6.74. The number of fused-ring (bicyclic) bond motifs is 1. The molecule has 1 heterocycles. The fourth-order valence-electron chi connectivity index (χ4n) is 2.77. The van der Waals surface area contributed by atoms with E-state index in [0.717, 1.165) is 17.7 Å². The van der Waals surface area contributed by atoms with Gasteiger partial charge >= 0.3 is 0 Å². The number of hydrogen-bond donors (Lipinski definition) is 0. The highest BCUT2D eigenvalue weighted by Crippen LogP contribution is 2.33. The third-order valence-corrected chi connectivity index (χ3v) is 3.73. The largest absolute Gasteiger partial charge is 0.305 e. The molecule has 0 bridgehead atoms. The highest BCUT2D eigenvalue weighted by Gasteiger charge is 2.31. The van der Waals surface area contributed by atoms with E-state index in [1.807, 2.05) is 31.2 Å². The number of nitrogens with zero attached hydrogens (tertiary/aromatic N) is 2. The fraction of sp³-hybridized carbons (Fsp3) is 0.188. The predicted molar refractivity (Wildman–Crippen MR) is 79.5 cm³/mol. The molecule has 0 radical (unpaired) electrons. The van der Waals surface area contributed by atoms with Crippen LogP contribution in [0.15, 0.2) is 48.5 Å². The van der Waals surface area contributed by atoms with Gasteiger partial charge in [0.1, 0.15) is 0 Å². The Balaban J connectivity index is 1.99. The van der Waals surface area contributed by atoms with Crippen LogP contribution >= 0.6 is 0 Å². The lowest BCUT2D eigenvalue weighted by molar-refractivity contribution is -0.384. The Morgan fingerprint density at radius 3 is 2.76 bits per heavy atom. The number of nitro benzene ring substituents is 1. The third-order valence-electron chi connectivity index (χ3n) is 3.73. The molecule has 0 fully saturated rings. The molecule has 5 heteroatoms. The highest BCUT2D eigenvalue weighted by atomic mass is 16.6. The normalized spacial score (nSPS) is 16.6. The van der Waals surface area contributed by atoms with E-state index < -0.39 is 4.92 Å². The molecule has 1 amide bonds. The molecule has 2 aromatic rings. The molecule has 0 unspecified atom stereocenters. The maximum atomic E-state index is 12.7. The summed E-state index contributed by atoms with van der Waals surface area (Å²) >= 11 is 0. The molecule has 0 saturated carbocycles. The van der Waals surface area contributed by atoms with Crippen LogP contribution in [0.3, 0.4) is 0 Å². The lowest BCUT2D eigenvalue weighted by Crippen LogP contribution is -2.35. The maximum absolute atomic E-state index is 12.7. The Hall–Kier alpha value is -2.69. The van der Waals surface area contributed by atoms with Gasteiger partial charge in [0.25, 0.3) is 11.6 Å². The summed E-state index contributed by atoms with van der Waals surface area (Å²) in [7, 11) is 0. The summed E-state index contributed by atoms with van der Waals surface area (Å²) in [5.74, 6) is -0.198. The van der Waals surface area contributed by atoms with Gasteiger partial charge in [0.15, 0.2) is 0 Å². The molecule has 0 aromatic heterocycles. The van der Waals surface area contributed by atoms with Crippen LogP contribution < -0.4 is 4.90 Å². The van der Waals surface area contributed by atoms with Crippen molar-refractivity contribution in [2.75, 3.05) is 4.90 Å². The van der Waals surface area contributed by atoms with Gasteiger partial charge in [-0.15, -0.1) is 0 Å². The summed E-state index contributed by atoms with van der Waals surface area (Å²) in [6.45, 7) is 1.98. The molecule has 1 atom stereocenters. The summed E-state index contributed by atoms with van der Waals surface area (Å²) in [6, 6.07) is 13.7. The van der Waals surface area contributed by atoms with E-state index in [2.05, 4.69) is 0 Å². The summed E-state index contributed by atoms with van der Waals surface area (Å²) in [5, 5.41) is 10.8. The fourth-order valence-corrected chi connectivity index (χ4v) is 2.77. The van der Waals surface area contributed by atoms with Gasteiger partial charge in [-0.1, -0.05) is 24.3 Å². The lowest BCUT2D eigenvalue weighted by atomic mass is 10.1. The van der Waals surface area contributed by atoms with E-state index in [-0.39, 0.29) is 17.6 Å². The molecule has 0 saturated heterocycles. The molecule has 1 aliphatic rings. The zero-order chi connectivity index (χ0) is 15.0. The quantitative estimate of drug-likeness (QED) is 0.627. The maximum Gasteiger partial charge on any atom is 0.270 e. The number of benzene rings is 2. The van der Waals surface area contributed by atoms with E-state index in [0.29, 0.717) is 5.56 Å². The van der Waals surface area contributed by atoms with Crippen LogP contribution in [-0.2, 0) is 6.42 Å². The van der Waals surface area contributed by atoms with Gasteiger partial charge in [0.2, 0.25) is 0 Å². The summed E-state index contributed by atoms with van der Waals surface area (Å²) in [6.07, 6.45) is 0.802. The van der Waals surface area contributed by atoms with E-state index in [1.165, 1.54) is 18.2 Å². The second-order valence-electron chi connectivity index (χ2n) is 5.16. The number of non-ortho nitro benzene ring substituents is 1. The molecule has 2 aromatic carbocycles. The van der Waals surface area contributed by atoms with Gasteiger partial charge in [0, 0.05) is 29.4 Å². The second kappa shape index (κ2) is 5.01. The third kappa shape index (κ3) is 2.27. The number of nitro groups is 1. The smallest absolute Gasteiger partial charge is 0.270 e. The average Bonchev–Trinajstić information content (AvgIpc) is 2.82. The summed E-state index contributed by atoms with van der Waals surface area (Å²) in [4.78, 5) is 24.8. The first-order valence-corrected chi connectivity index (χ1v) is 6.74. The van der Waals surface area contributed by atoms with Crippen molar-refractivity contribution in [3.8, 4) is 0 Å². The molecule has 106 valence electrons. The monoisotopic (exact) mass is 282 g/mol. The van der Waals surface area contributed by atoms with Gasteiger partial charge in [-0.05, 0) is 31.0 Å². The number of para-hydroxylation sites is 1. The van der Waals surface area contributed by atoms with Crippen molar-refractivity contribution in [1.29, 1.82) is 0 Å². The number of carbonyl (C=O) groups excluding carboxylic acids is 1. The van der Waals surface area contributed by atoms with E-state index >= 15 is 0 Å². The Bertz CT molecular complexity index is 727. The van der Waals surface area contributed by atoms with Crippen LogP contribution in [-0.4, -0.2) is 16.9 Å². The molecule has 5 nitrogen and oxygen atoms in total. The van der Waals surface area contributed by atoms with E-state index in [4.69, 9.17) is 0 Å². The minimum atomic E-state index is -0.488. The van der Waals surface area contributed by atoms with Crippen molar-refractivity contribution in [3.05, 3.63) is 69.8 Å². The van der Waals surface area contributed by atoms with Crippen molar-refractivity contribution in [2.45, 2.75) is 19.4 Å². The Morgan fingerprint density at radius 2 is 2.00 bits per heavy atom. The molecule has 3 rings (SSSR count). The SMILES string of the molecule is C[C@H]1Cc2ccccc2N1C(=O)c1cccc([N+](=O)[O-])c1. The average molecular weight is 282 g/mol. The number of anilines is 1.